The fraction of sp³-hybridized carbons (Fsp3) is 0.600. The second-order valence-electron chi connectivity index (χ2n) is 7.90. The predicted octanol–water partition coefficient (Wildman–Crippen LogP) is 4.56. The van der Waals surface area contributed by atoms with Crippen molar-refractivity contribution in [3.05, 3.63) is 41.7 Å². The van der Waals surface area contributed by atoms with Crippen LogP contribution in [-0.2, 0) is 4.74 Å². The van der Waals surface area contributed by atoms with Crippen LogP contribution in [-0.4, -0.2) is 58.6 Å². The Labute approximate surface area is 188 Å². The minimum atomic E-state index is 0.529. The lowest BCUT2D eigenvalue weighted by atomic mass is 10.2. The summed E-state index contributed by atoms with van der Waals surface area (Å²) in [5.41, 5.74) is 8.06. The van der Waals surface area contributed by atoms with E-state index in [-0.39, 0.29) is 0 Å². The Bertz CT molecular complexity index is 718. The molecule has 0 amide bonds. The number of nitrogens with zero attached hydrogens (tertiary/aromatic N) is 2. The number of ether oxygens (including phenoxy) is 3. The van der Waals surface area contributed by atoms with Crippen molar-refractivity contribution in [1.82, 2.24) is 4.90 Å². The van der Waals surface area contributed by atoms with Crippen molar-refractivity contribution in [2.24, 2.45) is 5.73 Å². The van der Waals surface area contributed by atoms with Crippen LogP contribution >= 0.6 is 0 Å². The number of hydrogen-bond acceptors (Lipinski definition) is 6. The van der Waals surface area contributed by atoms with Crippen LogP contribution in [0.1, 0.15) is 46.0 Å². The molecule has 0 unspecified atom stereocenters. The molecule has 0 atom stereocenters. The van der Waals surface area contributed by atoms with Crippen LogP contribution < -0.4 is 20.1 Å². The molecule has 0 bridgehead atoms. The number of benzene rings is 1. The van der Waals surface area contributed by atoms with Crippen molar-refractivity contribution in [3.63, 3.8) is 0 Å². The molecule has 1 heterocycles. The Kier molecular flexibility index (Phi) is 11.3. The average Bonchev–Trinajstić information content (AvgIpc) is 2.82. The van der Waals surface area contributed by atoms with Crippen molar-refractivity contribution in [1.29, 1.82) is 0 Å². The van der Waals surface area contributed by atoms with Gasteiger partial charge in [0.2, 0.25) is 0 Å². The molecule has 0 aromatic heterocycles. The monoisotopic (exact) mass is 431 g/mol. The van der Waals surface area contributed by atoms with Gasteiger partial charge in [0.1, 0.15) is 0 Å². The fourth-order valence-electron chi connectivity index (χ4n) is 3.74. The van der Waals surface area contributed by atoms with E-state index < -0.39 is 0 Å². The SMILES string of the molecule is C/C=C(\C=C(/CCN1CCCN(c2ccc(OC)c(OCCCCC)c2)C1)OC)CN. The maximum atomic E-state index is 6.04. The summed E-state index contributed by atoms with van der Waals surface area (Å²) in [7, 11) is 3.43. The third-order valence-corrected chi connectivity index (χ3v) is 5.68. The zero-order valence-corrected chi connectivity index (χ0v) is 19.9. The van der Waals surface area contributed by atoms with Gasteiger partial charge in [0, 0.05) is 44.4 Å². The van der Waals surface area contributed by atoms with Gasteiger partial charge in [0.25, 0.3) is 0 Å². The van der Waals surface area contributed by atoms with Gasteiger partial charge in [-0.25, -0.2) is 0 Å². The van der Waals surface area contributed by atoms with Gasteiger partial charge >= 0.3 is 0 Å². The van der Waals surface area contributed by atoms with Gasteiger partial charge in [-0.15, -0.1) is 0 Å². The molecular weight excluding hydrogens is 390 g/mol. The number of hydrogen-bond donors (Lipinski definition) is 1. The first-order chi connectivity index (χ1) is 15.1. The van der Waals surface area contributed by atoms with E-state index in [2.05, 4.69) is 34.9 Å². The smallest absolute Gasteiger partial charge is 0.163 e. The summed E-state index contributed by atoms with van der Waals surface area (Å²) >= 11 is 0. The zero-order chi connectivity index (χ0) is 22.5. The molecule has 2 N–H and O–H groups in total. The molecule has 1 aliphatic heterocycles. The van der Waals surface area contributed by atoms with E-state index in [1.807, 2.05) is 19.1 Å². The molecule has 0 spiro atoms. The quantitative estimate of drug-likeness (QED) is 0.281. The maximum absolute atomic E-state index is 6.04. The molecule has 31 heavy (non-hydrogen) atoms. The van der Waals surface area contributed by atoms with Crippen LogP contribution in [0.15, 0.2) is 41.7 Å². The third kappa shape index (κ3) is 8.11. The fourth-order valence-corrected chi connectivity index (χ4v) is 3.74. The number of nitrogens with two attached hydrogens (primary N) is 1. The second-order valence-corrected chi connectivity index (χ2v) is 7.90. The lowest BCUT2D eigenvalue weighted by Gasteiger charge is -2.37. The highest BCUT2D eigenvalue weighted by molar-refractivity contribution is 5.56. The van der Waals surface area contributed by atoms with Crippen molar-refractivity contribution in [2.75, 3.05) is 58.6 Å². The lowest BCUT2D eigenvalue weighted by Crippen LogP contribution is -2.45. The van der Waals surface area contributed by atoms with Crippen molar-refractivity contribution in [3.8, 4) is 11.5 Å². The summed E-state index contributed by atoms with van der Waals surface area (Å²) in [6, 6.07) is 6.26. The molecule has 174 valence electrons. The highest BCUT2D eigenvalue weighted by Crippen LogP contribution is 2.33. The van der Waals surface area contributed by atoms with Crippen LogP contribution in [0.2, 0.25) is 0 Å². The topological polar surface area (TPSA) is 60.2 Å². The normalized spacial score (nSPS) is 15.8. The average molecular weight is 432 g/mol. The van der Waals surface area contributed by atoms with E-state index in [1.165, 1.54) is 18.5 Å². The predicted molar refractivity (Wildman–Crippen MR) is 129 cm³/mol. The third-order valence-electron chi connectivity index (χ3n) is 5.68. The summed E-state index contributed by atoms with van der Waals surface area (Å²) in [4.78, 5) is 4.88. The standard InChI is InChI=1S/C25H41N3O3/c1-5-7-8-16-31-25-18-22(10-11-24(25)30-4)28-14-9-13-27(20-28)15-12-23(29-3)17-21(6-2)19-26/h6,10-11,17-18H,5,7-9,12-16,19-20,26H2,1-4H3/b21-6+,23-17+. The molecule has 0 aliphatic carbocycles. The molecule has 1 aromatic rings. The van der Waals surface area contributed by atoms with Crippen molar-refractivity contribution >= 4 is 5.69 Å². The van der Waals surface area contributed by atoms with Gasteiger partial charge in [-0.2, -0.15) is 0 Å². The molecule has 0 saturated carbocycles. The van der Waals surface area contributed by atoms with Gasteiger partial charge in [0.05, 0.1) is 33.3 Å². The zero-order valence-electron chi connectivity index (χ0n) is 19.9. The minimum absolute atomic E-state index is 0.529. The summed E-state index contributed by atoms with van der Waals surface area (Å²) in [5, 5.41) is 0. The lowest BCUT2D eigenvalue weighted by molar-refractivity contribution is 0.214. The second kappa shape index (κ2) is 14.0. The first kappa shape index (κ1) is 25.1. The summed E-state index contributed by atoms with van der Waals surface area (Å²) in [6.45, 7) is 9.44. The Morgan fingerprint density at radius 1 is 1.16 bits per heavy atom. The number of unbranched alkanes of at least 4 members (excludes halogenated alkanes) is 2. The number of methoxy groups -OCH3 is 2. The number of anilines is 1. The highest BCUT2D eigenvalue weighted by atomic mass is 16.5. The summed E-state index contributed by atoms with van der Waals surface area (Å²) < 4.78 is 17.1. The maximum Gasteiger partial charge on any atom is 0.163 e. The molecule has 1 fully saturated rings. The van der Waals surface area contributed by atoms with E-state index in [9.17, 15) is 0 Å². The largest absolute Gasteiger partial charge is 0.501 e. The van der Waals surface area contributed by atoms with E-state index >= 15 is 0 Å². The molecule has 1 aromatic carbocycles. The Morgan fingerprint density at radius 2 is 2.00 bits per heavy atom. The molecular formula is C25H41N3O3. The number of allylic oxidation sites excluding steroid dienone is 1. The van der Waals surface area contributed by atoms with E-state index in [1.54, 1.807) is 14.2 Å². The first-order valence-electron chi connectivity index (χ1n) is 11.5. The van der Waals surface area contributed by atoms with Crippen molar-refractivity contribution < 1.29 is 14.2 Å². The minimum Gasteiger partial charge on any atom is -0.501 e. The van der Waals surface area contributed by atoms with Gasteiger partial charge in [-0.3, -0.25) is 4.90 Å². The van der Waals surface area contributed by atoms with Gasteiger partial charge in [0.15, 0.2) is 11.5 Å². The molecule has 1 saturated heterocycles. The Morgan fingerprint density at radius 3 is 2.68 bits per heavy atom. The molecule has 6 nitrogen and oxygen atoms in total. The van der Waals surface area contributed by atoms with Gasteiger partial charge in [-0.1, -0.05) is 25.8 Å². The first-order valence-corrected chi connectivity index (χ1v) is 11.5. The molecule has 0 radical (unpaired) electrons. The Hall–Kier alpha value is -2.18. The summed E-state index contributed by atoms with van der Waals surface area (Å²) in [6.07, 6.45) is 9.54. The van der Waals surface area contributed by atoms with E-state index in [4.69, 9.17) is 19.9 Å². The Balaban J connectivity index is 1.99. The molecule has 1 aliphatic rings. The van der Waals surface area contributed by atoms with Crippen LogP contribution in [0.25, 0.3) is 0 Å². The van der Waals surface area contributed by atoms with Gasteiger partial charge < -0.3 is 24.8 Å². The van der Waals surface area contributed by atoms with E-state index in [0.29, 0.717) is 6.54 Å². The van der Waals surface area contributed by atoms with Crippen LogP contribution in [0.3, 0.4) is 0 Å². The number of rotatable bonds is 13. The summed E-state index contributed by atoms with van der Waals surface area (Å²) in [5.74, 6) is 2.60. The van der Waals surface area contributed by atoms with E-state index in [0.717, 1.165) is 75.0 Å². The molecule has 6 heteroatoms. The van der Waals surface area contributed by atoms with Crippen molar-refractivity contribution in [2.45, 2.75) is 46.0 Å². The van der Waals surface area contributed by atoms with Crippen LogP contribution in [0, 0.1) is 0 Å². The van der Waals surface area contributed by atoms with Crippen LogP contribution in [0.4, 0.5) is 5.69 Å². The molecule has 2 rings (SSSR count). The highest BCUT2D eigenvalue weighted by Gasteiger charge is 2.19. The van der Waals surface area contributed by atoms with Crippen LogP contribution in [0.5, 0.6) is 11.5 Å². The van der Waals surface area contributed by atoms with Gasteiger partial charge in [-0.05, 0) is 43.5 Å².